The summed E-state index contributed by atoms with van der Waals surface area (Å²) in [4.78, 5) is 13.6. The second-order valence-electron chi connectivity index (χ2n) is 4.26. The van der Waals surface area contributed by atoms with Crippen molar-refractivity contribution in [2.45, 2.75) is 26.7 Å². The number of amides is 1. The summed E-state index contributed by atoms with van der Waals surface area (Å²) >= 11 is 0. The van der Waals surface area contributed by atoms with Gasteiger partial charge in [-0.3, -0.25) is 4.79 Å². The number of ether oxygens (including phenoxy) is 1. The van der Waals surface area contributed by atoms with Gasteiger partial charge in [-0.25, -0.2) is 0 Å². The molecule has 82 valence electrons. The number of rotatable bonds is 3. The highest BCUT2D eigenvalue weighted by atomic mass is 16.5. The Balaban J connectivity index is 2.41. The van der Waals surface area contributed by atoms with Crippen LogP contribution in [0.1, 0.15) is 30.8 Å². The van der Waals surface area contributed by atoms with Gasteiger partial charge in [-0.1, -0.05) is 13.8 Å². The van der Waals surface area contributed by atoms with Gasteiger partial charge in [0.15, 0.2) is 0 Å². The van der Waals surface area contributed by atoms with Gasteiger partial charge in [0.05, 0.1) is 10.7 Å². The zero-order valence-corrected chi connectivity index (χ0v) is 8.95. The standard InChI is InChI=1S/C11H21NO2/c1-9(2)11(13)12-6-4-5-10(7-12)8-14-3/h9-10H,4-8H2,1-3H3/i3D3. The van der Waals surface area contributed by atoms with Crippen molar-refractivity contribution < 1.29 is 13.6 Å². The lowest BCUT2D eigenvalue weighted by molar-refractivity contribution is -0.136. The molecule has 1 fully saturated rings. The van der Waals surface area contributed by atoms with Crippen LogP contribution in [0.2, 0.25) is 0 Å². The molecule has 1 unspecified atom stereocenters. The number of likely N-dealkylation sites (tertiary alicyclic amines) is 1. The maximum atomic E-state index is 11.8. The summed E-state index contributed by atoms with van der Waals surface area (Å²) in [6.45, 7) is 5.36. The second kappa shape index (κ2) is 5.35. The Hall–Kier alpha value is -0.570. The third kappa shape index (κ3) is 2.98. The van der Waals surface area contributed by atoms with Crippen LogP contribution in [-0.2, 0) is 9.53 Å². The summed E-state index contributed by atoms with van der Waals surface area (Å²) in [5.41, 5.74) is 0. The number of hydrogen-bond donors (Lipinski definition) is 0. The maximum Gasteiger partial charge on any atom is 0.225 e. The molecule has 0 radical (unpaired) electrons. The number of hydrogen-bond acceptors (Lipinski definition) is 2. The largest absolute Gasteiger partial charge is 0.384 e. The minimum Gasteiger partial charge on any atom is -0.384 e. The van der Waals surface area contributed by atoms with Crippen LogP contribution in [-0.4, -0.2) is 37.5 Å². The van der Waals surface area contributed by atoms with E-state index in [4.69, 9.17) is 8.85 Å². The van der Waals surface area contributed by atoms with Crippen molar-refractivity contribution in [3.63, 3.8) is 0 Å². The third-order valence-corrected chi connectivity index (χ3v) is 2.64. The van der Waals surface area contributed by atoms with Crippen LogP contribution in [0.5, 0.6) is 0 Å². The van der Waals surface area contributed by atoms with Crippen molar-refractivity contribution in [1.29, 1.82) is 0 Å². The van der Waals surface area contributed by atoms with Crippen molar-refractivity contribution in [1.82, 2.24) is 4.90 Å². The van der Waals surface area contributed by atoms with Crippen molar-refractivity contribution in [2.75, 3.05) is 26.7 Å². The fraction of sp³-hybridized carbons (Fsp3) is 0.909. The molecule has 1 heterocycles. The minimum absolute atomic E-state index is 0.00251. The number of carbonyl (C=O) groups is 1. The Bertz CT molecular complexity index is 266. The van der Waals surface area contributed by atoms with Gasteiger partial charge in [0.2, 0.25) is 5.91 Å². The van der Waals surface area contributed by atoms with E-state index in [0.29, 0.717) is 6.54 Å². The number of methoxy groups -OCH3 is 1. The molecular formula is C11H21NO2. The van der Waals surface area contributed by atoms with Gasteiger partial charge in [-0.2, -0.15) is 0 Å². The second-order valence-corrected chi connectivity index (χ2v) is 4.26. The summed E-state index contributed by atoms with van der Waals surface area (Å²) < 4.78 is 25.8. The Labute approximate surface area is 90.6 Å². The molecule has 1 aliphatic heterocycles. The lowest BCUT2D eigenvalue weighted by Gasteiger charge is -2.33. The smallest absolute Gasteiger partial charge is 0.225 e. The lowest BCUT2D eigenvalue weighted by Crippen LogP contribution is -2.42. The molecule has 3 heteroatoms. The van der Waals surface area contributed by atoms with E-state index < -0.39 is 7.04 Å². The van der Waals surface area contributed by atoms with E-state index in [0.717, 1.165) is 19.4 Å². The van der Waals surface area contributed by atoms with Crippen LogP contribution in [0.25, 0.3) is 0 Å². The molecule has 0 bridgehead atoms. The van der Waals surface area contributed by atoms with Gasteiger partial charge in [-0.15, -0.1) is 0 Å². The molecule has 1 rings (SSSR count). The number of piperidine rings is 1. The summed E-state index contributed by atoms with van der Waals surface area (Å²) in [6, 6.07) is 0. The van der Waals surface area contributed by atoms with Gasteiger partial charge < -0.3 is 9.64 Å². The predicted octanol–water partition coefficient (Wildman–Crippen LogP) is 1.53. The van der Waals surface area contributed by atoms with Crippen LogP contribution < -0.4 is 0 Å². The summed E-state index contributed by atoms with van der Waals surface area (Å²) in [5, 5.41) is 0. The minimum atomic E-state index is -2.33. The van der Waals surface area contributed by atoms with E-state index in [1.165, 1.54) is 0 Å². The van der Waals surface area contributed by atoms with Gasteiger partial charge >= 0.3 is 0 Å². The first-order chi connectivity index (χ1) is 7.79. The topological polar surface area (TPSA) is 29.5 Å². The molecule has 3 nitrogen and oxygen atoms in total. The first-order valence-electron chi connectivity index (χ1n) is 6.72. The molecule has 1 saturated heterocycles. The summed E-state index contributed by atoms with van der Waals surface area (Å²) in [6.07, 6.45) is 1.85. The van der Waals surface area contributed by atoms with E-state index in [1.54, 1.807) is 0 Å². The fourth-order valence-electron chi connectivity index (χ4n) is 1.88. The predicted molar refractivity (Wildman–Crippen MR) is 56.0 cm³/mol. The summed E-state index contributed by atoms with van der Waals surface area (Å²) in [5.74, 6) is 0.285. The van der Waals surface area contributed by atoms with E-state index in [-0.39, 0.29) is 24.3 Å². The van der Waals surface area contributed by atoms with Crippen LogP contribution in [0, 0.1) is 11.8 Å². The molecule has 0 aromatic rings. The average molecular weight is 202 g/mol. The molecule has 14 heavy (non-hydrogen) atoms. The molecule has 1 amide bonds. The van der Waals surface area contributed by atoms with Crippen molar-refractivity contribution >= 4 is 5.91 Å². The summed E-state index contributed by atoms with van der Waals surface area (Å²) in [7, 11) is -2.33. The van der Waals surface area contributed by atoms with E-state index in [2.05, 4.69) is 0 Å². The van der Waals surface area contributed by atoms with Crippen LogP contribution >= 0.6 is 0 Å². The Morgan fingerprint density at radius 1 is 1.71 bits per heavy atom. The van der Waals surface area contributed by atoms with Crippen molar-refractivity contribution in [3.8, 4) is 0 Å². The van der Waals surface area contributed by atoms with Crippen molar-refractivity contribution in [3.05, 3.63) is 0 Å². The monoisotopic (exact) mass is 202 g/mol. The fourth-order valence-corrected chi connectivity index (χ4v) is 1.88. The van der Waals surface area contributed by atoms with E-state index in [9.17, 15) is 4.79 Å². The highest BCUT2D eigenvalue weighted by Crippen LogP contribution is 2.18. The molecule has 0 aromatic carbocycles. The van der Waals surface area contributed by atoms with Crippen LogP contribution in [0.4, 0.5) is 0 Å². The van der Waals surface area contributed by atoms with Crippen LogP contribution in [0.15, 0.2) is 0 Å². The van der Waals surface area contributed by atoms with Gasteiger partial charge in [0.25, 0.3) is 0 Å². The SMILES string of the molecule is [2H]C([2H])([2H])OCC1CCCN(C(=O)C(C)C)C1. The average Bonchev–Trinajstić information content (AvgIpc) is 2.24. The first kappa shape index (κ1) is 7.69. The Morgan fingerprint density at radius 2 is 2.50 bits per heavy atom. The molecule has 0 aromatic heterocycles. The van der Waals surface area contributed by atoms with Gasteiger partial charge in [0.1, 0.15) is 0 Å². The van der Waals surface area contributed by atoms with Gasteiger partial charge in [0, 0.05) is 26.0 Å². The molecular weight excluding hydrogens is 178 g/mol. The molecule has 1 atom stereocenters. The molecule has 0 spiro atoms. The zero-order valence-electron chi connectivity index (χ0n) is 12.0. The maximum absolute atomic E-state index is 11.8. The quantitative estimate of drug-likeness (QED) is 0.694. The Kier molecular flexibility index (Phi) is 2.93. The highest BCUT2D eigenvalue weighted by molar-refractivity contribution is 5.78. The Morgan fingerprint density at radius 3 is 3.14 bits per heavy atom. The van der Waals surface area contributed by atoms with Crippen LogP contribution in [0.3, 0.4) is 0 Å². The van der Waals surface area contributed by atoms with E-state index in [1.807, 2.05) is 18.7 Å². The third-order valence-electron chi connectivity index (χ3n) is 2.64. The lowest BCUT2D eigenvalue weighted by atomic mass is 9.98. The van der Waals surface area contributed by atoms with Crippen molar-refractivity contribution in [2.24, 2.45) is 11.8 Å². The molecule has 0 saturated carbocycles. The molecule has 0 aliphatic carbocycles. The molecule has 1 aliphatic rings. The normalized spacial score (nSPS) is 26.9. The highest BCUT2D eigenvalue weighted by Gasteiger charge is 2.24. The van der Waals surface area contributed by atoms with Gasteiger partial charge in [-0.05, 0) is 18.8 Å². The first-order valence-corrected chi connectivity index (χ1v) is 5.22. The number of carbonyl (C=O) groups excluding carboxylic acids is 1. The molecule has 0 N–H and O–H groups in total. The number of nitrogens with zero attached hydrogens (tertiary/aromatic N) is 1. The van der Waals surface area contributed by atoms with E-state index >= 15 is 0 Å². The zero-order chi connectivity index (χ0) is 13.1.